The lowest BCUT2D eigenvalue weighted by atomic mass is 10.00. The van der Waals surface area contributed by atoms with Crippen LogP contribution in [-0.2, 0) is 6.42 Å². The summed E-state index contributed by atoms with van der Waals surface area (Å²) in [6.07, 6.45) is 0.0410. The molecule has 2 aromatic carbocycles. The zero-order chi connectivity index (χ0) is 13.8. The molecule has 0 aromatic heterocycles. The molecular formula is C16H17BrO2. The van der Waals surface area contributed by atoms with Crippen LogP contribution in [0, 0.1) is 6.92 Å². The second kappa shape index (κ2) is 6.22. The molecule has 0 saturated carbocycles. The van der Waals surface area contributed by atoms with Crippen LogP contribution in [0.2, 0.25) is 0 Å². The number of ether oxygens (including phenoxy) is 1. The molecule has 0 saturated heterocycles. The number of halogens is 1. The molecule has 19 heavy (non-hydrogen) atoms. The van der Waals surface area contributed by atoms with Gasteiger partial charge >= 0.3 is 0 Å². The van der Waals surface area contributed by atoms with Gasteiger partial charge < -0.3 is 9.84 Å². The largest absolute Gasteiger partial charge is 0.497 e. The van der Waals surface area contributed by atoms with Gasteiger partial charge in [0.2, 0.25) is 0 Å². The van der Waals surface area contributed by atoms with E-state index in [1.165, 1.54) is 5.56 Å². The minimum Gasteiger partial charge on any atom is -0.497 e. The average Bonchev–Trinajstić information content (AvgIpc) is 2.39. The Labute approximate surface area is 122 Å². The molecule has 1 atom stereocenters. The predicted molar refractivity (Wildman–Crippen MR) is 80.5 cm³/mol. The standard InChI is InChI=1S/C16H17BrO2/c1-11-4-3-5-12(8-11)9-16(18)14-10-13(19-2)6-7-15(14)17/h3-8,10,16,18H,9H2,1-2H3. The van der Waals surface area contributed by atoms with Gasteiger partial charge in [0, 0.05) is 10.9 Å². The Balaban J connectivity index is 2.22. The number of hydrogen-bond donors (Lipinski definition) is 1. The van der Waals surface area contributed by atoms with Crippen LogP contribution in [-0.4, -0.2) is 12.2 Å². The Bertz CT molecular complexity index is 566. The van der Waals surface area contributed by atoms with Crippen LogP contribution >= 0.6 is 15.9 Å². The number of hydrogen-bond acceptors (Lipinski definition) is 2. The number of aryl methyl sites for hydroxylation is 1. The van der Waals surface area contributed by atoms with Gasteiger partial charge in [0.25, 0.3) is 0 Å². The number of aliphatic hydroxyl groups is 1. The smallest absolute Gasteiger partial charge is 0.119 e. The average molecular weight is 321 g/mol. The fraction of sp³-hybridized carbons (Fsp3) is 0.250. The van der Waals surface area contributed by atoms with Crippen molar-refractivity contribution in [1.29, 1.82) is 0 Å². The molecule has 0 amide bonds. The molecule has 2 nitrogen and oxygen atoms in total. The Hall–Kier alpha value is -1.32. The molecule has 0 aliphatic rings. The molecule has 0 bridgehead atoms. The van der Waals surface area contributed by atoms with Crippen molar-refractivity contribution in [3.8, 4) is 5.75 Å². The molecule has 2 aromatic rings. The summed E-state index contributed by atoms with van der Waals surface area (Å²) >= 11 is 3.47. The van der Waals surface area contributed by atoms with E-state index in [0.29, 0.717) is 6.42 Å². The highest BCUT2D eigenvalue weighted by molar-refractivity contribution is 9.10. The highest BCUT2D eigenvalue weighted by Gasteiger charge is 2.13. The first kappa shape index (κ1) is 14.1. The van der Waals surface area contributed by atoms with Crippen LogP contribution in [0.3, 0.4) is 0 Å². The van der Waals surface area contributed by atoms with Gasteiger partial charge in [0.1, 0.15) is 5.75 Å². The Morgan fingerprint density at radius 2 is 2.00 bits per heavy atom. The van der Waals surface area contributed by atoms with E-state index in [2.05, 4.69) is 35.0 Å². The zero-order valence-corrected chi connectivity index (χ0v) is 12.6. The zero-order valence-electron chi connectivity index (χ0n) is 11.1. The quantitative estimate of drug-likeness (QED) is 0.921. The molecule has 1 N–H and O–H groups in total. The third-order valence-electron chi connectivity index (χ3n) is 3.07. The van der Waals surface area contributed by atoms with E-state index in [9.17, 15) is 5.11 Å². The molecule has 0 heterocycles. The summed E-state index contributed by atoms with van der Waals surface area (Å²) in [6.45, 7) is 2.05. The second-order valence-corrected chi connectivity index (χ2v) is 5.45. The first-order valence-electron chi connectivity index (χ1n) is 6.17. The monoisotopic (exact) mass is 320 g/mol. The molecular weight excluding hydrogens is 304 g/mol. The fourth-order valence-electron chi connectivity index (χ4n) is 2.08. The predicted octanol–water partition coefficient (Wildman–Crippen LogP) is 4.04. The summed E-state index contributed by atoms with van der Waals surface area (Å²) in [6, 6.07) is 13.8. The molecule has 0 fully saturated rings. The van der Waals surface area contributed by atoms with E-state index >= 15 is 0 Å². The van der Waals surface area contributed by atoms with Crippen LogP contribution in [0.25, 0.3) is 0 Å². The third kappa shape index (κ3) is 3.58. The first-order valence-corrected chi connectivity index (χ1v) is 6.96. The van der Waals surface area contributed by atoms with Crippen molar-refractivity contribution >= 4 is 15.9 Å². The summed E-state index contributed by atoms with van der Waals surface area (Å²) < 4.78 is 6.09. The Morgan fingerprint density at radius 3 is 2.68 bits per heavy atom. The molecule has 0 aliphatic heterocycles. The SMILES string of the molecule is COc1ccc(Br)c(C(O)Cc2cccc(C)c2)c1. The van der Waals surface area contributed by atoms with Gasteiger partial charge in [-0.15, -0.1) is 0 Å². The van der Waals surface area contributed by atoms with Gasteiger partial charge in [-0.05, 0) is 36.2 Å². The van der Waals surface area contributed by atoms with Crippen molar-refractivity contribution in [2.24, 2.45) is 0 Å². The highest BCUT2D eigenvalue weighted by Crippen LogP contribution is 2.29. The van der Waals surface area contributed by atoms with E-state index in [-0.39, 0.29) is 0 Å². The molecule has 1 unspecified atom stereocenters. The van der Waals surface area contributed by atoms with E-state index in [0.717, 1.165) is 21.3 Å². The third-order valence-corrected chi connectivity index (χ3v) is 3.80. The van der Waals surface area contributed by atoms with Gasteiger partial charge in [-0.25, -0.2) is 0 Å². The van der Waals surface area contributed by atoms with Gasteiger partial charge in [-0.2, -0.15) is 0 Å². The minimum absolute atomic E-state index is 0.550. The first-order chi connectivity index (χ1) is 9.10. The normalized spacial score (nSPS) is 12.2. The molecule has 100 valence electrons. The maximum atomic E-state index is 10.4. The van der Waals surface area contributed by atoms with Crippen molar-refractivity contribution < 1.29 is 9.84 Å². The fourth-order valence-corrected chi connectivity index (χ4v) is 2.59. The second-order valence-electron chi connectivity index (χ2n) is 4.60. The van der Waals surface area contributed by atoms with Gasteiger partial charge in [0.15, 0.2) is 0 Å². The number of benzene rings is 2. The number of aliphatic hydroxyl groups excluding tert-OH is 1. The van der Waals surface area contributed by atoms with E-state index in [1.54, 1.807) is 7.11 Å². The maximum Gasteiger partial charge on any atom is 0.119 e. The van der Waals surface area contributed by atoms with Gasteiger partial charge in [-0.1, -0.05) is 45.8 Å². The maximum absolute atomic E-state index is 10.4. The summed E-state index contributed by atoms with van der Waals surface area (Å²) in [4.78, 5) is 0. The van der Waals surface area contributed by atoms with Crippen molar-refractivity contribution in [1.82, 2.24) is 0 Å². The van der Waals surface area contributed by atoms with Crippen molar-refractivity contribution in [3.05, 3.63) is 63.6 Å². The van der Waals surface area contributed by atoms with E-state index < -0.39 is 6.10 Å². The van der Waals surface area contributed by atoms with Crippen molar-refractivity contribution in [2.45, 2.75) is 19.4 Å². The lowest BCUT2D eigenvalue weighted by Gasteiger charge is -2.14. The lowest BCUT2D eigenvalue weighted by Crippen LogP contribution is -2.03. The molecule has 0 aliphatic carbocycles. The van der Waals surface area contributed by atoms with Crippen LogP contribution in [0.15, 0.2) is 46.9 Å². The van der Waals surface area contributed by atoms with Crippen molar-refractivity contribution in [3.63, 3.8) is 0 Å². The van der Waals surface area contributed by atoms with Gasteiger partial charge in [-0.3, -0.25) is 0 Å². The van der Waals surface area contributed by atoms with E-state index in [4.69, 9.17) is 4.74 Å². The number of rotatable bonds is 4. The summed E-state index contributed by atoms with van der Waals surface area (Å²) in [5.74, 6) is 0.751. The van der Waals surface area contributed by atoms with Crippen molar-refractivity contribution in [2.75, 3.05) is 7.11 Å². The molecule has 2 rings (SSSR count). The van der Waals surface area contributed by atoms with Crippen LogP contribution in [0.5, 0.6) is 5.75 Å². The van der Waals surface area contributed by atoms with Crippen LogP contribution < -0.4 is 4.74 Å². The number of methoxy groups -OCH3 is 1. The molecule has 0 radical (unpaired) electrons. The molecule has 0 spiro atoms. The Kier molecular flexibility index (Phi) is 4.61. The van der Waals surface area contributed by atoms with Gasteiger partial charge in [0.05, 0.1) is 13.2 Å². The minimum atomic E-state index is -0.550. The topological polar surface area (TPSA) is 29.5 Å². The lowest BCUT2D eigenvalue weighted by molar-refractivity contribution is 0.177. The summed E-state index contributed by atoms with van der Waals surface area (Å²) in [5.41, 5.74) is 3.18. The van der Waals surface area contributed by atoms with Crippen LogP contribution in [0.1, 0.15) is 22.8 Å². The highest BCUT2D eigenvalue weighted by atomic mass is 79.9. The van der Waals surface area contributed by atoms with E-state index in [1.807, 2.05) is 30.3 Å². The summed E-state index contributed by atoms with van der Waals surface area (Å²) in [5, 5.41) is 10.4. The van der Waals surface area contributed by atoms with Crippen LogP contribution in [0.4, 0.5) is 0 Å². The molecule has 3 heteroatoms. The summed E-state index contributed by atoms with van der Waals surface area (Å²) in [7, 11) is 1.62. The Morgan fingerprint density at radius 1 is 1.21 bits per heavy atom.